The van der Waals surface area contributed by atoms with Crippen LogP contribution in [0.4, 0.5) is 0 Å². The molecule has 0 bridgehead atoms. The van der Waals surface area contributed by atoms with Gasteiger partial charge in [-0.05, 0) is 50.8 Å². The van der Waals surface area contributed by atoms with Crippen LogP contribution in [-0.2, 0) is 14.3 Å². The van der Waals surface area contributed by atoms with Crippen LogP contribution < -0.4 is 5.32 Å². The molecule has 4 nitrogen and oxygen atoms in total. The molecule has 1 N–H and O–H groups in total. The minimum Gasteiger partial charge on any atom is -0.463 e. The Balaban J connectivity index is 1.80. The van der Waals surface area contributed by atoms with E-state index in [0.717, 1.165) is 33.1 Å². The lowest BCUT2D eigenvalue weighted by Crippen LogP contribution is -2.35. The molecule has 3 heterocycles. The number of Topliss-reactive ketones (excluding diaryl/α,β-unsaturated/α-hetero) is 1. The van der Waals surface area contributed by atoms with E-state index < -0.39 is 0 Å². The molecule has 2 atom stereocenters. The molecule has 0 amide bonds. The summed E-state index contributed by atoms with van der Waals surface area (Å²) in [5, 5.41) is 5.44. The van der Waals surface area contributed by atoms with E-state index >= 15 is 0 Å². The van der Waals surface area contributed by atoms with Crippen LogP contribution in [0.3, 0.4) is 0 Å². The van der Waals surface area contributed by atoms with Gasteiger partial charge >= 0.3 is 5.97 Å². The van der Waals surface area contributed by atoms with E-state index in [1.54, 1.807) is 29.6 Å². The van der Waals surface area contributed by atoms with Gasteiger partial charge in [0.25, 0.3) is 0 Å². The minimum atomic E-state index is -0.344. The van der Waals surface area contributed by atoms with Crippen LogP contribution in [0, 0.1) is 6.92 Å². The number of ether oxygens (including phenoxy) is 1. The molecule has 0 saturated heterocycles. The maximum atomic E-state index is 13.3. The number of dihydropyridines is 1. The number of allylic oxidation sites excluding steroid dienone is 3. The molecular formula is C22H23NO3S2. The first-order valence-electron chi connectivity index (χ1n) is 9.50. The van der Waals surface area contributed by atoms with Gasteiger partial charge in [0.1, 0.15) is 0 Å². The van der Waals surface area contributed by atoms with Crippen molar-refractivity contribution in [1.29, 1.82) is 0 Å². The fourth-order valence-corrected chi connectivity index (χ4v) is 5.96. The molecule has 6 heteroatoms. The van der Waals surface area contributed by atoms with Crippen molar-refractivity contribution in [2.24, 2.45) is 0 Å². The van der Waals surface area contributed by atoms with Crippen molar-refractivity contribution in [3.05, 3.63) is 66.8 Å². The summed E-state index contributed by atoms with van der Waals surface area (Å²) < 4.78 is 5.34. The van der Waals surface area contributed by atoms with Gasteiger partial charge in [-0.1, -0.05) is 6.07 Å². The topological polar surface area (TPSA) is 55.4 Å². The SMILES string of the molecule is CCOC(=O)C1=C(C)NC2=C(C(=O)CC(c3cccs3)C2)C1c1ccc(C)s1. The predicted octanol–water partition coefficient (Wildman–Crippen LogP) is 5.04. The summed E-state index contributed by atoms with van der Waals surface area (Å²) in [5.41, 5.74) is 3.04. The van der Waals surface area contributed by atoms with Crippen molar-refractivity contribution in [2.75, 3.05) is 6.61 Å². The van der Waals surface area contributed by atoms with Gasteiger partial charge in [-0.25, -0.2) is 4.79 Å². The van der Waals surface area contributed by atoms with Crippen LogP contribution in [-0.4, -0.2) is 18.4 Å². The van der Waals surface area contributed by atoms with E-state index in [9.17, 15) is 9.59 Å². The number of thiophene rings is 2. The molecule has 146 valence electrons. The fraction of sp³-hybridized carbons (Fsp3) is 0.364. The highest BCUT2D eigenvalue weighted by Crippen LogP contribution is 2.47. The number of esters is 1. The average Bonchev–Trinajstić information content (AvgIpc) is 3.32. The van der Waals surface area contributed by atoms with E-state index in [1.165, 1.54) is 4.88 Å². The van der Waals surface area contributed by atoms with Crippen molar-refractivity contribution < 1.29 is 14.3 Å². The Morgan fingerprint density at radius 1 is 1.21 bits per heavy atom. The molecule has 0 saturated carbocycles. The highest BCUT2D eigenvalue weighted by Gasteiger charge is 2.42. The van der Waals surface area contributed by atoms with Gasteiger partial charge in [-0.2, -0.15) is 0 Å². The first kappa shape index (κ1) is 19.2. The Morgan fingerprint density at radius 2 is 2.04 bits per heavy atom. The van der Waals surface area contributed by atoms with Crippen LogP contribution in [0.15, 0.2) is 52.2 Å². The number of aryl methyl sites for hydroxylation is 1. The lowest BCUT2D eigenvalue weighted by atomic mass is 9.74. The molecule has 0 spiro atoms. The number of carbonyl (C=O) groups is 2. The fourth-order valence-electron chi connectivity index (χ4n) is 4.14. The largest absolute Gasteiger partial charge is 0.463 e. The summed E-state index contributed by atoms with van der Waals surface area (Å²) in [7, 11) is 0. The summed E-state index contributed by atoms with van der Waals surface area (Å²) in [6.07, 6.45) is 1.27. The van der Waals surface area contributed by atoms with Gasteiger partial charge in [-0.15, -0.1) is 22.7 Å². The Hall–Kier alpha value is -2.18. The lowest BCUT2D eigenvalue weighted by molar-refractivity contribution is -0.138. The second-order valence-electron chi connectivity index (χ2n) is 7.20. The maximum absolute atomic E-state index is 13.3. The lowest BCUT2D eigenvalue weighted by Gasteiger charge is -2.35. The number of nitrogens with one attached hydrogen (secondary N) is 1. The summed E-state index contributed by atoms with van der Waals surface area (Å²) in [4.78, 5) is 29.5. The molecular weight excluding hydrogens is 390 g/mol. The van der Waals surface area contributed by atoms with Crippen molar-refractivity contribution in [1.82, 2.24) is 5.32 Å². The number of ketones is 1. The third-order valence-corrected chi connectivity index (χ3v) is 7.41. The quantitative estimate of drug-likeness (QED) is 0.713. The van der Waals surface area contributed by atoms with E-state index in [4.69, 9.17) is 4.74 Å². The molecule has 1 aliphatic carbocycles. The van der Waals surface area contributed by atoms with Gasteiger partial charge in [-0.3, -0.25) is 4.79 Å². The summed E-state index contributed by atoms with van der Waals surface area (Å²) in [5.74, 6) is -0.368. The second-order valence-corrected chi connectivity index (χ2v) is 9.50. The van der Waals surface area contributed by atoms with Gasteiger partial charge in [0.2, 0.25) is 0 Å². The molecule has 0 aromatic carbocycles. The normalized spacial score (nSPS) is 22.2. The number of rotatable bonds is 4. The predicted molar refractivity (Wildman–Crippen MR) is 113 cm³/mol. The third kappa shape index (κ3) is 3.35. The van der Waals surface area contributed by atoms with Gasteiger partial charge < -0.3 is 10.1 Å². The minimum absolute atomic E-state index is 0.123. The van der Waals surface area contributed by atoms with Crippen molar-refractivity contribution >= 4 is 34.4 Å². The zero-order chi connectivity index (χ0) is 19.8. The Morgan fingerprint density at radius 3 is 2.68 bits per heavy atom. The van der Waals surface area contributed by atoms with Crippen LogP contribution >= 0.6 is 22.7 Å². The first-order chi connectivity index (χ1) is 13.5. The smallest absolute Gasteiger partial charge is 0.336 e. The molecule has 4 rings (SSSR count). The van der Waals surface area contributed by atoms with Crippen molar-refractivity contribution in [3.8, 4) is 0 Å². The molecule has 0 fully saturated rings. The van der Waals surface area contributed by atoms with Crippen LogP contribution in [0.1, 0.15) is 53.2 Å². The zero-order valence-corrected chi connectivity index (χ0v) is 17.8. The summed E-state index contributed by atoms with van der Waals surface area (Å²) in [6.45, 7) is 6.06. The number of hydrogen-bond acceptors (Lipinski definition) is 6. The van der Waals surface area contributed by atoms with E-state index in [-0.39, 0.29) is 23.6 Å². The molecule has 1 aliphatic heterocycles. The van der Waals surface area contributed by atoms with E-state index in [2.05, 4.69) is 16.8 Å². The van der Waals surface area contributed by atoms with Crippen LogP contribution in [0.2, 0.25) is 0 Å². The standard InChI is InChI=1S/C22H23NO3S2/c1-4-26-22(25)19-13(3)23-15-10-14(17-6-5-9-27-17)11-16(24)20(15)21(19)18-8-7-12(2)28-18/h5-9,14,21,23H,4,10-11H2,1-3H3. The monoisotopic (exact) mass is 413 g/mol. The Labute approximate surface area is 172 Å². The van der Waals surface area contributed by atoms with E-state index in [0.29, 0.717) is 18.6 Å². The first-order valence-corrected chi connectivity index (χ1v) is 11.2. The molecule has 0 radical (unpaired) electrons. The second kappa shape index (κ2) is 7.68. The Bertz CT molecular complexity index is 981. The molecule has 2 aromatic heterocycles. The van der Waals surface area contributed by atoms with E-state index in [1.807, 2.05) is 32.0 Å². The van der Waals surface area contributed by atoms with Gasteiger partial charge in [0.05, 0.1) is 18.1 Å². The molecule has 28 heavy (non-hydrogen) atoms. The molecule has 2 aromatic rings. The highest BCUT2D eigenvalue weighted by atomic mass is 32.1. The molecule has 2 unspecified atom stereocenters. The summed E-state index contributed by atoms with van der Waals surface area (Å²) in [6, 6.07) is 8.21. The third-order valence-electron chi connectivity index (χ3n) is 5.31. The zero-order valence-electron chi connectivity index (χ0n) is 16.2. The van der Waals surface area contributed by atoms with Crippen molar-refractivity contribution in [3.63, 3.8) is 0 Å². The molecule has 2 aliphatic rings. The Kier molecular flexibility index (Phi) is 5.25. The highest BCUT2D eigenvalue weighted by molar-refractivity contribution is 7.12. The number of hydrogen-bond donors (Lipinski definition) is 1. The number of carbonyl (C=O) groups excluding carboxylic acids is 2. The van der Waals surface area contributed by atoms with Gasteiger partial charge in [0, 0.05) is 43.9 Å². The maximum Gasteiger partial charge on any atom is 0.336 e. The van der Waals surface area contributed by atoms with Crippen molar-refractivity contribution in [2.45, 2.75) is 45.4 Å². The van der Waals surface area contributed by atoms with Gasteiger partial charge in [0.15, 0.2) is 5.78 Å². The van der Waals surface area contributed by atoms with Crippen LogP contribution in [0.5, 0.6) is 0 Å². The summed E-state index contributed by atoms with van der Waals surface area (Å²) >= 11 is 3.34. The van der Waals surface area contributed by atoms with Crippen LogP contribution in [0.25, 0.3) is 0 Å². The average molecular weight is 414 g/mol.